The molecule has 0 aromatic carbocycles. The van der Waals surface area contributed by atoms with Gasteiger partial charge in [0.15, 0.2) is 11.5 Å². The number of hydrogen-bond acceptors (Lipinski definition) is 4. The number of alkyl halides is 3. The molecule has 0 amide bonds. The van der Waals surface area contributed by atoms with Crippen molar-refractivity contribution in [1.29, 1.82) is 0 Å². The minimum Gasteiger partial charge on any atom is -0.303 e. The van der Waals surface area contributed by atoms with Crippen molar-refractivity contribution in [2.45, 2.75) is 6.18 Å². The Bertz CT molecular complexity index is 1090. The molecule has 10 heteroatoms. The fraction of sp³-hybridized carbons (Fsp3) is 0.0769. The molecular weight excluding hydrogens is 313 g/mol. The van der Waals surface area contributed by atoms with Gasteiger partial charge in [0.2, 0.25) is 0 Å². The number of pyridine rings is 1. The molecule has 0 bridgehead atoms. The number of hydrogen-bond donors (Lipinski definition) is 2. The molecule has 4 heterocycles. The van der Waals surface area contributed by atoms with E-state index in [1.54, 1.807) is 0 Å². The maximum absolute atomic E-state index is 12.9. The molecule has 0 aliphatic carbocycles. The van der Waals surface area contributed by atoms with E-state index >= 15 is 0 Å². The first-order chi connectivity index (χ1) is 10.9. The maximum Gasteiger partial charge on any atom is 0.416 e. The van der Waals surface area contributed by atoms with E-state index in [1.807, 2.05) is 0 Å². The van der Waals surface area contributed by atoms with Crippen molar-refractivity contribution in [2.75, 3.05) is 0 Å². The molecular formula is C13H7F3N6O. The monoisotopic (exact) mass is 320 g/mol. The number of H-pyrrole nitrogens is 2. The highest BCUT2D eigenvalue weighted by molar-refractivity contribution is 5.79. The van der Waals surface area contributed by atoms with Gasteiger partial charge in [0.25, 0.3) is 0 Å². The summed E-state index contributed by atoms with van der Waals surface area (Å²) in [5.74, 6) is 0.169. The van der Waals surface area contributed by atoms with Crippen LogP contribution in [0.25, 0.3) is 28.1 Å². The number of halogens is 3. The third-order valence-corrected chi connectivity index (χ3v) is 3.36. The molecule has 4 aromatic heterocycles. The Balaban J connectivity index is 1.94. The Labute approximate surface area is 124 Å². The van der Waals surface area contributed by atoms with E-state index in [1.165, 1.54) is 23.1 Å². The van der Waals surface area contributed by atoms with Crippen LogP contribution in [0.15, 0.2) is 35.5 Å². The SMILES string of the molecule is O=c1[nH]c2cnc(-c3cnn4ccc(C(F)(F)F)cc34)nc2[nH]1. The summed E-state index contributed by atoms with van der Waals surface area (Å²) in [7, 11) is 0. The lowest BCUT2D eigenvalue weighted by Gasteiger charge is -2.07. The van der Waals surface area contributed by atoms with Crippen LogP contribution < -0.4 is 5.69 Å². The van der Waals surface area contributed by atoms with Gasteiger partial charge >= 0.3 is 11.9 Å². The predicted molar refractivity (Wildman–Crippen MR) is 73.7 cm³/mol. The Hall–Kier alpha value is -3.17. The minimum atomic E-state index is -4.46. The van der Waals surface area contributed by atoms with Gasteiger partial charge in [-0.15, -0.1) is 0 Å². The smallest absolute Gasteiger partial charge is 0.303 e. The normalized spacial score (nSPS) is 12.3. The van der Waals surface area contributed by atoms with Crippen molar-refractivity contribution in [3.63, 3.8) is 0 Å². The number of imidazole rings is 1. The molecule has 4 aromatic rings. The molecule has 0 atom stereocenters. The fourth-order valence-corrected chi connectivity index (χ4v) is 2.29. The summed E-state index contributed by atoms with van der Waals surface area (Å²) in [6, 6.07) is 1.92. The van der Waals surface area contributed by atoms with Crippen molar-refractivity contribution in [2.24, 2.45) is 0 Å². The van der Waals surface area contributed by atoms with Gasteiger partial charge in [-0.2, -0.15) is 18.3 Å². The summed E-state index contributed by atoms with van der Waals surface area (Å²) in [4.78, 5) is 24.4. The first-order valence-corrected chi connectivity index (χ1v) is 6.42. The number of rotatable bonds is 1. The van der Waals surface area contributed by atoms with Crippen LogP contribution in [-0.4, -0.2) is 29.5 Å². The quantitative estimate of drug-likeness (QED) is 0.561. The Morgan fingerprint density at radius 2 is 2.00 bits per heavy atom. The van der Waals surface area contributed by atoms with Crippen molar-refractivity contribution < 1.29 is 13.2 Å². The van der Waals surface area contributed by atoms with Gasteiger partial charge in [-0.1, -0.05) is 0 Å². The third-order valence-electron chi connectivity index (χ3n) is 3.36. The first-order valence-electron chi connectivity index (χ1n) is 6.42. The zero-order valence-electron chi connectivity index (χ0n) is 11.2. The van der Waals surface area contributed by atoms with Gasteiger partial charge in [0.05, 0.1) is 29.0 Å². The Kier molecular flexibility index (Phi) is 2.59. The van der Waals surface area contributed by atoms with Crippen molar-refractivity contribution in [3.05, 3.63) is 46.8 Å². The van der Waals surface area contributed by atoms with E-state index < -0.39 is 17.4 Å². The second-order valence-electron chi connectivity index (χ2n) is 4.84. The van der Waals surface area contributed by atoms with E-state index in [0.29, 0.717) is 11.1 Å². The summed E-state index contributed by atoms with van der Waals surface area (Å²) in [5.41, 5.74) is 0.00295. The van der Waals surface area contributed by atoms with E-state index in [0.717, 1.165) is 12.1 Å². The number of aromatic amines is 2. The first kappa shape index (κ1) is 13.5. The Morgan fingerprint density at radius 3 is 2.78 bits per heavy atom. The standard InChI is InChI=1S/C13H7F3N6O/c14-13(15,16)6-1-2-22-9(3-6)7(4-18-22)10-17-5-8-11(20-10)21-12(23)19-8/h1-5H,(H2,17,19,20,21,23). The summed E-state index contributed by atoms with van der Waals surface area (Å²) in [6.45, 7) is 0. The highest BCUT2D eigenvalue weighted by Gasteiger charge is 2.31. The molecule has 0 saturated carbocycles. The van der Waals surface area contributed by atoms with E-state index in [4.69, 9.17) is 0 Å². The molecule has 7 nitrogen and oxygen atoms in total. The van der Waals surface area contributed by atoms with E-state index in [2.05, 4.69) is 25.0 Å². The second-order valence-corrected chi connectivity index (χ2v) is 4.84. The van der Waals surface area contributed by atoms with Gasteiger partial charge in [0, 0.05) is 6.20 Å². The van der Waals surface area contributed by atoms with Gasteiger partial charge in [-0.3, -0.25) is 4.98 Å². The molecule has 0 radical (unpaired) electrons. The lowest BCUT2D eigenvalue weighted by molar-refractivity contribution is -0.137. The molecule has 2 N–H and O–H groups in total. The summed E-state index contributed by atoms with van der Waals surface area (Å²) < 4.78 is 39.9. The summed E-state index contributed by atoms with van der Waals surface area (Å²) in [5, 5.41) is 3.99. The molecule has 0 fully saturated rings. The molecule has 0 aliphatic rings. The van der Waals surface area contributed by atoms with E-state index in [-0.39, 0.29) is 17.0 Å². The van der Waals surface area contributed by atoms with Gasteiger partial charge in [0.1, 0.15) is 5.52 Å². The number of aromatic nitrogens is 6. The van der Waals surface area contributed by atoms with Crippen molar-refractivity contribution in [3.8, 4) is 11.4 Å². The number of nitrogens with one attached hydrogen (secondary N) is 2. The maximum atomic E-state index is 12.9. The average molecular weight is 320 g/mol. The van der Waals surface area contributed by atoms with E-state index in [9.17, 15) is 18.0 Å². The predicted octanol–water partition coefficient (Wildman–Crippen LogP) is 1.98. The molecule has 0 saturated heterocycles. The zero-order chi connectivity index (χ0) is 16.2. The molecule has 0 spiro atoms. The third kappa shape index (κ3) is 2.15. The highest BCUT2D eigenvalue weighted by atomic mass is 19.4. The topological polar surface area (TPSA) is 91.7 Å². The van der Waals surface area contributed by atoms with Crippen LogP contribution in [-0.2, 0) is 6.18 Å². The number of fused-ring (bicyclic) bond motifs is 2. The zero-order valence-corrected chi connectivity index (χ0v) is 11.2. The minimum absolute atomic E-state index is 0.169. The van der Waals surface area contributed by atoms with Crippen LogP contribution in [0.5, 0.6) is 0 Å². The average Bonchev–Trinajstić information content (AvgIpc) is 3.06. The molecule has 116 valence electrons. The van der Waals surface area contributed by atoms with Crippen LogP contribution >= 0.6 is 0 Å². The van der Waals surface area contributed by atoms with Crippen LogP contribution in [0.4, 0.5) is 13.2 Å². The van der Waals surface area contributed by atoms with Crippen molar-refractivity contribution in [1.82, 2.24) is 29.5 Å². The summed E-state index contributed by atoms with van der Waals surface area (Å²) >= 11 is 0. The van der Waals surface area contributed by atoms with Gasteiger partial charge in [-0.25, -0.2) is 19.3 Å². The van der Waals surface area contributed by atoms with Crippen LogP contribution in [0, 0.1) is 0 Å². The van der Waals surface area contributed by atoms with Crippen LogP contribution in [0.3, 0.4) is 0 Å². The summed E-state index contributed by atoms with van der Waals surface area (Å²) in [6.07, 6.45) is -0.480. The number of nitrogens with zero attached hydrogens (tertiary/aromatic N) is 4. The molecule has 4 rings (SSSR count). The fourth-order valence-electron chi connectivity index (χ4n) is 2.29. The van der Waals surface area contributed by atoms with Gasteiger partial charge in [-0.05, 0) is 12.1 Å². The van der Waals surface area contributed by atoms with Crippen molar-refractivity contribution >= 4 is 16.7 Å². The van der Waals surface area contributed by atoms with Crippen LogP contribution in [0.1, 0.15) is 5.56 Å². The molecule has 0 unspecified atom stereocenters. The lowest BCUT2D eigenvalue weighted by Crippen LogP contribution is -2.05. The molecule has 0 aliphatic heterocycles. The Morgan fingerprint density at radius 1 is 1.17 bits per heavy atom. The highest BCUT2D eigenvalue weighted by Crippen LogP contribution is 2.31. The largest absolute Gasteiger partial charge is 0.416 e. The molecule has 23 heavy (non-hydrogen) atoms. The second kappa shape index (κ2) is 4.41. The lowest BCUT2D eigenvalue weighted by atomic mass is 10.2. The van der Waals surface area contributed by atoms with Crippen LogP contribution in [0.2, 0.25) is 0 Å². The van der Waals surface area contributed by atoms with Gasteiger partial charge < -0.3 is 4.98 Å².